The van der Waals surface area contributed by atoms with Crippen LogP contribution >= 0.6 is 0 Å². The zero-order chi connectivity index (χ0) is 13.5. The standard InChI is InChI=1S/C14H17FO3/c1-3-18-9-8-13(16)10(2)14(17)11-6-4-5-7-12(11)15/h4-7,10H,3,8-9H2,1-2H3. The van der Waals surface area contributed by atoms with Crippen LogP contribution in [0.2, 0.25) is 0 Å². The highest BCUT2D eigenvalue weighted by atomic mass is 19.1. The molecule has 0 aromatic heterocycles. The quantitative estimate of drug-likeness (QED) is 0.425. The van der Waals surface area contributed by atoms with E-state index in [1.807, 2.05) is 6.92 Å². The summed E-state index contributed by atoms with van der Waals surface area (Å²) in [6, 6.07) is 5.69. The molecule has 0 amide bonds. The van der Waals surface area contributed by atoms with Gasteiger partial charge in [-0.15, -0.1) is 0 Å². The van der Waals surface area contributed by atoms with Gasteiger partial charge < -0.3 is 4.74 Å². The molecule has 1 aromatic rings. The highest BCUT2D eigenvalue weighted by Gasteiger charge is 2.24. The van der Waals surface area contributed by atoms with Crippen LogP contribution in [0.15, 0.2) is 24.3 Å². The van der Waals surface area contributed by atoms with Crippen molar-refractivity contribution in [3.05, 3.63) is 35.6 Å². The second kappa shape index (κ2) is 7.01. The summed E-state index contributed by atoms with van der Waals surface area (Å²) in [5.41, 5.74) is -0.0326. The number of hydrogen-bond donors (Lipinski definition) is 0. The molecule has 1 aromatic carbocycles. The molecule has 1 atom stereocenters. The first kappa shape index (κ1) is 14.5. The molecule has 0 bridgehead atoms. The maximum absolute atomic E-state index is 13.4. The molecule has 3 nitrogen and oxygen atoms in total. The summed E-state index contributed by atoms with van der Waals surface area (Å²) in [6.07, 6.45) is 0.176. The number of hydrogen-bond acceptors (Lipinski definition) is 3. The fourth-order valence-electron chi connectivity index (χ4n) is 1.57. The van der Waals surface area contributed by atoms with Crippen LogP contribution in [-0.2, 0) is 9.53 Å². The van der Waals surface area contributed by atoms with Gasteiger partial charge in [-0.2, -0.15) is 0 Å². The zero-order valence-electron chi connectivity index (χ0n) is 10.6. The fourth-order valence-corrected chi connectivity index (χ4v) is 1.57. The molecule has 4 heteroatoms. The van der Waals surface area contributed by atoms with Gasteiger partial charge in [-0.3, -0.25) is 9.59 Å². The molecule has 0 fully saturated rings. The molecule has 18 heavy (non-hydrogen) atoms. The van der Waals surface area contributed by atoms with Crippen LogP contribution in [0.25, 0.3) is 0 Å². The van der Waals surface area contributed by atoms with E-state index in [-0.39, 0.29) is 17.8 Å². The van der Waals surface area contributed by atoms with E-state index in [9.17, 15) is 14.0 Å². The zero-order valence-corrected chi connectivity index (χ0v) is 10.6. The van der Waals surface area contributed by atoms with Gasteiger partial charge in [-0.25, -0.2) is 4.39 Å². The van der Waals surface area contributed by atoms with Crippen LogP contribution in [0.4, 0.5) is 4.39 Å². The topological polar surface area (TPSA) is 43.4 Å². The minimum absolute atomic E-state index is 0.0326. The lowest BCUT2D eigenvalue weighted by molar-refractivity contribution is -0.122. The fraction of sp³-hybridized carbons (Fsp3) is 0.429. The van der Waals surface area contributed by atoms with Gasteiger partial charge >= 0.3 is 0 Å². The highest BCUT2D eigenvalue weighted by Crippen LogP contribution is 2.14. The van der Waals surface area contributed by atoms with Crippen molar-refractivity contribution in [2.45, 2.75) is 20.3 Å². The molecule has 0 aliphatic rings. The van der Waals surface area contributed by atoms with E-state index in [1.165, 1.54) is 25.1 Å². The van der Waals surface area contributed by atoms with Crippen LogP contribution < -0.4 is 0 Å². The Bertz CT molecular complexity index is 429. The molecule has 1 rings (SSSR count). The molecule has 0 spiro atoms. The summed E-state index contributed by atoms with van der Waals surface area (Å²) < 4.78 is 18.5. The van der Waals surface area contributed by atoms with E-state index in [0.29, 0.717) is 13.2 Å². The van der Waals surface area contributed by atoms with Crippen LogP contribution in [0.5, 0.6) is 0 Å². The maximum Gasteiger partial charge on any atom is 0.175 e. The summed E-state index contributed by atoms with van der Waals surface area (Å²) >= 11 is 0. The lowest BCUT2D eigenvalue weighted by Gasteiger charge is -2.10. The molecule has 0 saturated carbocycles. The van der Waals surface area contributed by atoms with Crippen LogP contribution in [0.1, 0.15) is 30.6 Å². The molecule has 98 valence electrons. The van der Waals surface area contributed by atoms with Gasteiger partial charge in [0, 0.05) is 13.0 Å². The number of Topliss-reactive ketones (excluding diaryl/α,β-unsaturated/α-hetero) is 2. The first-order valence-electron chi connectivity index (χ1n) is 5.97. The number of ketones is 2. The molecule has 0 saturated heterocycles. The van der Waals surface area contributed by atoms with Crippen molar-refractivity contribution in [2.75, 3.05) is 13.2 Å². The van der Waals surface area contributed by atoms with E-state index < -0.39 is 17.5 Å². The Labute approximate surface area is 106 Å². The van der Waals surface area contributed by atoms with Crippen molar-refractivity contribution in [2.24, 2.45) is 5.92 Å². The van der Waals surface area contributed by atoms with Crippen molar-refractivity contribution >= 4 is 11.6 Å². The van der Waals surface area contributed by atoms with Gasteiger partial charge in [0.15, 0.2) is 5.78 Å². The Morgan fingerprint density at radius 2 is 2.00 bits per heavy atom. The minimum Gasteiger partial charge on any atom is -0.381 e. The third-order valence-corrected chi connectivity index (χ3v) is 2.71. The summed E-state index contributed by atoms with van der Waals surface area (Å²) in [7, 11) is 0. The van der Waals surface area contributed by atoms with Crippen LogP contribution in [0.3, 0.4) is 0 Å². The third-order valence-electron chi connectivity index (χ3n) is 2.71. The van der Waals surface area contributed by atoms with Crippen molar-refractivity contribution in [3.8, 4) is 0 Å². The number of carbonyl (C=O) groups is 2. The van der Waals surface area contributed by atoms with Gasteiger partial charge in [0.2, 0.25) is 0 Å². The van der Waals surface area contributed by atoms with Crippen LogP contribution in [-0.4, -0.2) is 24.8 Å². The normalized spacial score (nSPS) is 12.2. The number of benzene rings is 1. The Hall–Kier alpha value is -1.55. The van der Waals surface area contributed by atoms with Crippen LogP contribution in [0, 0.1) is 11.7 Å². The predicted octanol–water partition coefficient (Wildman–Crippen LogP) is 2.64. The van der Waals surface area contributed by atoms with Gasteiger partial charge in [0.25, 0.3) is 0 Å². The Morgan fingerprint density at radius 1 is 1.33 bits per heavy atom. The summed E-state index contributed by atoms with van der Waals surface area (Å²) in [4.78, 5) is 23.7. The molecule has 1 unspecified atom stereocenters. The molecule has 0 aliphatic heterocycles. The largest absolute Gasteiger partial charge is 0.381 e. The lowest BCUT2D eigenvalue weighted by atomic mass is 9.94. The Balaban J connectivity index is 2.67. The molecular formula is C14H17FO3. The predicted molar refractivity (Wildman–Crippen MR) is 66.0 cm³/mol. The van der Waals surface area contributed by atoms with E-state index >= 15 is 0 Å². The Morgan fingerprint density at radius 3 is 2.61 bits per heavy atom. The number of carbonyl (C=O) groups excluding carboxylic acids is 2. The summed E-state index contributed by atoms with van der Waals surface area (Å²) in [5, 5.41) is 0. The molecule has 0 heterocycles. The van der Waals surface area contributed by atoms with Crippen molar-refractivity contribution in [1.82, 2.24) is 0 Å². The average molecular weight is 252 g/mol. The van der Waals surface area contributed by atoms with Crippen molar-refractivity contribution in [3.63, 3.8) is 0 Å². The first-order chi connectivity index (χ1) is 8.57. The second-order valence-corrected chi connectivity index (χ2v) is 3.98. The minimum atomic E-state index is -0.831. The smallest absolute Gasteiger partial charge is 0.175 e. The number of ether oxygens (including phenoxy) is 1. The van der Waals surface area contributed by atoms with E-state index in [1.54, 1.807) is 6.07 Å². The van der Waals surface area contributed by atoms with Crippen molar-refractivity contribution < 1.29 is 18.7 Å². The maximum atomic E-state index is 13.4. The van der Waals surface area contributed by atoms with Gasteiger partial charge in [0.1, 0.15) is 11.6 Å². The van der Waals surface area contributed by atoms with Gasteiger partial charge in [-0.05, 0) is 26.0 Å². The third kappa shape index (κ3) is 3.74. The summed E-state index contributed by atoms with van der Waals surface area (Å²) in [6.45, 7) is 4.16. The number of rotatable bonds is 7. The molecule has 0 aliphatic carbocycles. The lowest BCUT2D eigenvalue weighted by Crippen LogP contribution is -2.23. The highest BCUT2D eigenvalue weighted by molar-refractivity contribution is 6.10. The van der Waals surface area contributed by atoms with E-state index in [2.05, 4.69) is 0 Å². The molecular weight excluding hydrogens is 235 g/mol. The van der Waals surface area contributed by atoms with E-state index in [0.717, 1.165) is 0 Å². The van der Waals surface area contributed by atoms with Gasteiger partial charge in [-0.1, -0.05) is 12.1 Å². The number of halogens is 1. The average Bonchev–Trinajstić information content (AvgIpc) is 2.38. The second-order valence-electron chi connectivity index (χ2n) is 3.98. The van der Waals surface area contributed by atoms with Gasteiger partial charge in [0.05, 0.1) is 18.1 Å². The first-order valence-corrected chi connectivity index (χ1v) is 5.97. The summed E-state index contributed by atoms with van der Waals surface area (Å²) in [5.74, 6) is -2.12. The Kier molecular flexibility index (Phi) is 5.65. The molecule has 0 N–H and O–H groups in total. The SMILES string of the molecule is CCOCCC(=O)C(C)C(=O)c1ccccc1F. The van der Waals surface area contributed by atoms with E-state index in [4.69, 9.17) is 4.74 Å². The van der Waals surface area contributed by atoms with Crippen molar-refractivity contribution in [1.29, 1.82) is 0 Å². The monoisotopic (exact) mass is 252 g/mol. The molecule has 0 radical (unpaired) electrons.